The Morgan fingerprint density at radius 2 is 1.48 bits per heavy atom. The Hall–Kier alpha value is -5.03. The summed E-state index contributed by atoms with van der Waals surface area (Å²) in [5.74, 6) is 1.00. The Balaban J connectivity index is 1.51. The van der Waals surface area contributed by atoms with E-state index in [1.807, 2.05) is 30.3 Å². The highest BCUT2D eigenvalue weighted by Gasteiger charge is 2.29. The monoisotopic (exact) mass is 589 g/mol. The molecule has 0 bridgehead atoms. The molecule has 42 heavy (non-hydrogen) atoms. The lowest BCUT2D eigenvalue weighted by Crippen LogP contribution is -2.39. The number of anilines is 1. The molecule has 0 radical (unpaired) electrons. The third-order valence-electron chi connectivity index (χ3n) is 6.10. The molecule has 0 fully saturated rings. The molecule has 0 saturated carbocycles. The first kappa shape index (κ1) is 29.9. The average Bonchev–Trinajstić information content (AvgIpc) is 3.03. The molecule has 0 aromatic heterocycles. The number of nitrogens with zero attached hydrogens (tertiary/aromatic N) is 2. The lowest BCUT2D eigenvalue weighted by molar-refractivity contribution is -0.119. The van der Waals surface area contributed by atoms with E-state index in [1.165, 1.54) is 45.7 Å². The largest absolute Gasteiger partial charge is 0.497 e. The van der Waals surface area contributed by atoms with Gasteiger partial charge in [0, 0.05) is 6.07 Å². The van der Waals surface area contributed by atoms with Crippen molar-refractivity contribution in [3.05, 3.63) is 108 Å². The Morgan fingerprint density at radius 3 is 2.14 bits per heavy atom. The van der Waals surface area contributed by atoms with E-state index in [9.17, 15) is 13.2 Å². The van der Waals surface area contributed by atoms with Gasteiger partial charge in [-0.1, -0.05) is 48.5 Å². The summed E-state index contributed by atoms with van der Waals surface area (Å²) in [5.41, 5.74) is 4.18. The molecule has 10 nitrogen and oxygen atoms in total. The number of nitrogens with one attached hydrogen (secondary N) is 1. The maximum atomic E-state index is 13.7. The fourth-order valence-electron chi connectivity index (χ4n) is 3.97. The van der Waals surface area contributed by atoms with Gasteiger partial charge in [-0.05, 0) is 53.6 Å². The van der Waals surface area contributed by atoms with Gasteiger partial charge in [-0.2, -0.15) is 5.10 Å². The van der Waals surface area contributed by atoms with Crippen LogP contribution < -0.4 is 28.7 Å². The molecule has 0 saturated heterocycles. The SMILES string of the molecule is COc1ccc(OC)c(N(CC(=O)N/N=C\c2ccc(OCc3ccccc3)c(OC)c2)S(=O)(=O)c2ccccc2)c1. The number of rotatable bonds is 13. The highest BCUT2D eigenvalue weighted by atomic mass is 32.2. The number of amides is 1. The van der Waals surface area contributed by atoms with Crippen molar-refractivity contribution in [1.29, 1.82) is 0 Å². The minimum atomic E-state index is -4.17. The second-order valence-corrected chi connectivity index (χ2v) is 10.7. The van der Waals surface area contributed by atoms with E-state index >= 15 is 0 Å². The third kappa shape index (κ3) is 7.38. The molecule has 0 aliphatic carbocycles. The van der Waals surface area contributed by atoms with Crippen molar-refractivity contribution in [2.45, 2.75) is 11.5 Å². The predicted octanol–water partition coefficient (Wildman–Crippen LogP) is 4.64. The molecule has 4 rings (SSSR count). The van der Waals surface area contributed by atoms with Gasteiger partial charge in [0.2, 0.25) is 0 Å². The summed E-state index contributed by atoms with van der Waals surface area (Å²) in [6.45, 7) is -0.200. The molecule has 0 atom stereocenters. The molecule has 4 aromatic carbocycles. The second kappa shape index (κ2) is 14.0. The average molecular weight is 590 g/mol. The van der Waals surface area contributed by atoms with Crippen molar-refractivity contribution in [3.8, 4) is 23.0 Å². The number of carbonyl (C=O) groups excluding carboxylic acids is 1. The van der Waals surface area contributed by atoms with Crippen molar-refractivity contribution in [2.75, 3.05) is 32.2 Å². The van der Waals surface area contributed by atoms with Crippen LogP contribution in [0.5, 0.6) is 23.0 Å². The van der Waals surface area contributed by atoms with E-state index in [2.05, 4.69) is 10.5 Å². The lowest BCUT2D eigenvalue weighted by atomic mass is 10.2. The van der Waals surface area contributed by atoms with E-state index in [0.717, 1.165) is 9.87 Å². The topological polar surface area (TPSA) is 116 Å². The molecule has 0 unspecified atom stereocenters. The number of methoxy groups -OCH3 is 3. The van der Waals surface area contributed by atoms with Crippen LogP contribution in [-0.4, -0.2) is 48.4 Å². The zero-order valence-corrected chi connectivity index (χ0v) is 24.2. The normalized spacial score (nSPS) is 11.1. The van der Waals surface area contributed by atoms with E-state index in [0.29, 0.717) is 29.4 Å². The standard InChI is InChI=1S/C31H31N3O7S/c1-38-25-15-17-28(39-2)27(19-25)34(42(36,37)26-12-8-5-9-13-26)21-31(35)33-32-20-24-14-16-29(30(18-24)40-3)41-22-23-10-6-4-7-11-23/h4-20H,21-22H2,1-3H3,(H,33,35)/b32-20-. The van der Waals surface area contributed by atoms with Gasteiger partial charge in [-0.25, -0.2) is 13.8 Å². The van der Waals surface area contributed by atoms with E-state index in [-0.39, 0.29) is 16.3 Å². The molecule has 0 aliphatic heterocycles. The van der Waals surface area contributed by atoms with Crippen molar-refractivity contribution in [1.82, 2.24) is 5.43 Å². The Bertz CT molecular complexity index is 1630. The van der Waals surface area contributed by atoms with Gasteiger partial charge in [0.1, 0.15) is 24.7 Å². The predicted molar refractivity (Wildman–Crippen MR) is 160 cm³/mol. The summed E-state index contributed by atoms with van der Waals surface area (Å²) in [6, 6.07) is 27.4. The molecule has 4 aromatic rings. The van der Waals surface area contributed by atoms with Crippen LogP contribution in [0.15, 0.2) is 107 Å². The number of sulfonamides is 1. The van der Waals surface area contributed by atoms with Gasteiger partial charge in [-0.3, -0.25) is 9.10 Å². The summed E-state index contributed by atoms with van der Waals surface area (Å²) in [5, 5.41) is 4.02. The van der Waals surface area contributed by atoms with Crippen LogP contribution in [-0.2, 0) is 21.4 Å². The van der Waals surface area contributed by atoms with Crippen LogP contribution in [0.1, 0.15) is 11.1 Å². The molecule has 0 aliphatic rings. The summed E-state index contributed by atoms with van der Waals surface area (Å²) in [4.78, 5) is 13.0. The molecule has 0 spiro atoms. The molecular weight excluding hydrogens is 558 g/mol. The zero-order valence-electron chi connectivity index (χ0n) is 23.4. The van der Waals surface area contributed by atoms with Crippen LogP contribution in [0, 0.1) is 0 Å². The number of carbonyl (C=O) groups is 1. The highest BCUT2D eigenvalue weighted by Crippen LogP contribution is 2.35. The lowest BCUT2D eigenvalue weighted by Gasteiger charge is -2.25. The van der Waals surface area contributed by atoms with E-state index in [1.54, 1.807) is 48.5 Å². The van der Waals surface area contributed by atoms with Crippen LogP contribution in [0.2, 0.25) is 0 Å². The van der Waals surface area contributed by atoms with Crippen molar-refractivity contribution in [2.24, 2.45) is 5.10 Å². The molecule has 1 N–H and O–H groups in total. The smallest absolute Gasteiger partial charge is 0.264 e. The zero-order chi connectivity index (χ0) is 30.0. The Kier molecular flexibility index (Phi) is 10.0. The second-order valence-electron chi connectivity index (χ2n) is 8.84. The number of hydrazone groups is 1. The highest BCUT2D eigenvalue weighted by molar-refractivity contribution is 7.92. The minimum absolute atomic E-state index is 0.00726. The van der Waals surface area contributed by atoms with Crippen LogP contribution in [0.4, 0.5) is 5.69 Å². The number of benzene rings is 4. The summed E-state index contributed by atoms with van der Waals surface area (Å²) in [7, 11) is 0.231. The van der Waals surface area contributed by atoms with E-state index < -0.39 is 22.5 Å². The van der Waals surface area contributed by atoms with Crippen molar-refractivity contribution in [3.63, 3.8) is 0 Å². The molecular formula is C31H31N3O7S. The van der Waals surface area contributed by atoms with Crippen LogP contribution >= 0.6 is 0 Å². The quantitative estimate of drug-likeness (QED) is 0.179. The fourth-order valence-corrected chi connectivity index (χ4v) is 5.42. The molecule has 218 valence electrons. The van der Waals surface area contributed by atoms with Gasteiger partial charge >= 0.3 is 0 Å². The first-order valence-electron chi connectivity index (χ1n) is 12.8. The Labute approximate surface area is 245 Å². The number of ether oxygens (including phenoxy) is 4. The first-order chi connectivity index (χ1) is 20.3. The fraction of sp³-hybridized carbons (Fsp3) is 0.161. The molecule has 1 amide bonds. The number of hydrogen-bond donors (Lipinski definition) is 1. The Morgan fingerprint density at radius 1 is 0.810 bits per heavy atom. The van der Waals surface area contributed by atoms with Gasteiger partial charge in [0.15, 0.2) is 11.5 Å². The van der Waals surface area contributed by atoms with Crippen LogP contribution in [0.25, 0.3) is 0 Å². The summed E-state index contributed by atoms with van der Waals surface area (Å²) < 4.78 is 50.3. The first-order valence-corrected chi connectivity index (χ1v) is 14.3. The van der Waals surface area contributed by atoms with Crippen LogP contribution in [0.3, 0.4) is 0 Å². The van der Waals surface area contributed by atoms with Crippen molar-refractivity contribution >= 4 is 27.8 Å². The summed E-state index contributed by atoms with van der Waals surface area (Å²) in [6.07, 6.45) is 1.42. The third-order valence-corrected chi connectivity index (χ3v) is 7.87. The van der Waals surface area contributed by atoms with Gasteiger partial charge < -0.3 is 18.9 Å². The minimum Gasteiger partial charge on any atom is -0.497 e. The molecule has 11 heteroatoms. The maximum Gasteiger partial charge on any atom is 0.264 e. The van der Waals surface area contributed by atoms with Gasteiger partial charge in [0.25, 0.3) is 15.9 Å². The molecule has 0 heterocycles. The maximum absolute atomic E-state index is 13.7. The van der Waals surface area contributed by atoms with Crippen molar-refractivity contribution < 1.29 is 32.2 Å². The van der Waals surface area contributed by atoms with Gasteiger partial charge in [-0.15, -0.1) is 0 Å². The van der Waals surface area contributed by atoms with Gasteiger partial charge in [0.05, 0.1) is 38.1 Å². The summed E-state index contributed by atoms with van der Waals surface area (Å²) >= 11 is 0. The number of hydrogen-bond acceptors (Lipinski definition) is 8. The van der Waals surface area contributed by atoms with E-state index in [4.69, 9.17) is 18.9 Å².